The summed E-state index contributed by atoms with van der Waals surface area (Å²) >= 11 is 0. The number of ether oxygens (including phenoxy) is 2. The molecule has 0 spiro atoms. The van der Waals surface area contributed by atoms with Gasteiger partial charge in [-0.2, -0.15) is 0 Å². The second-order valence-corrected chi connectivity index (χ2v) is 5.46. The van der Waals surface area contributed by atoms with Crippen molar-refractivity contribution < 1.29 is 24.5 Å². The van der Waals surface area contributed by atoms with Crippen molar-refractivity contribution in [3.05, 3.63) is 60.7 Å². The largest absolute Gasteiger partial charge is 0.475 e. The molecule has 0 amide bonds. The van der Waals surface area contributed by atoms with Gasteiger partial charge in [-0.25, -0.2) is 4.79 Å². The van der Waals surface area contributed by atoms with Gasteiger partial charge in [0.1, 0.15) is 17.6 Å². The molecule has 0 aliphatic heterocycles. The summed E-state index contributed by atoms with van der Waals surface area (Å²) in [6.07, 6.45) is 0.411. The van der Waals surface area contributed by atoms with Crippen LogP contribution in [0.1, 0.15) is 26.2 Å². The molecule has 5 heteroatoms. The number of unbranched alkanes of at least 4 members (excludes halogenated alkanes) is 1. The second kappa shape index (κ2) is 8.36. The van der Waals surface area contributed by atoms with Gasteiger partial charge in [0.25, 0.3) is 0 Å². The molecule has 2 N–H and O–H groups in total. The lowest BCUT2D eigenvalue weighted by Crippen LogP contribution is -2.59. The average molecular weight is 330 g/mol. The Bertz CT molecular complexity index is 585. The SMILES string of the molecule is CCCCC(O)C(Oc1ccccc1)(Oc1ccccc1)C(=O)O. The van der Waals surface area contributed by atoms with E-state index in [1.807, 2.05) is 6.92 Å². The minimum Gasteiger partial charge on any atom is -0.475 e. The van der Waals surface area contributed by atoms with Crippen molar-refractivity contribution in [3.63, 3.8) is 0 Å². The summed E-state index contributed by atoms with van der Waals surface area (Å²) in [7, 11) is 0. The Morgan fingerprint density at radius 3 is 1.83 bits per heavy atom. The van der Waals surface area contributed by atoms with Crippen LogP contribution in [0.5, 0.6) is 11.5 Å². The number of hydrogen-bond acceptors (Lipinski definition) is 4. The summed E-state index contributed by atoms with van der Waals surface area (Å²) in [4.78, 5) is 12.0. The van der Waals surface area contributed by atoms with Crippen LogP contribution in [-0.4, -0.2) is 28.1 Å². The number of rotatable bonds is 9. The summed E-state index contributed by atoms with van der Waals surface area (Å²) in [5.74, 6) is -2.96. The number of carboxylic acids is 1. The van der Waals surface area contributed by atoms with E-state index in [-0.39, 0.29) is 6.42 Å². The first kappa shape index (κ1) is 17.8. The molecule has 1 atom stereocenters. The number of hydrogen-bond donors (Lipinski definition) is 2. The molecule has 0 aromatic heterocycles. The monoisotopic (exact) mass is 330 g/mol. The first-order chi connectivity index (χ1) is 11.6. The van der Waals surface area contributed by atoms with Crippen molar-refractivity contribution >= 4 is 5.97 Å². The third-order valence-electron chi connectivity index (χ3n) is 3.59. The Morgan fingerprint density at radius 2 is 1.46 bits per heavy atom. The molecule has 128 valence electrons. The zero-order chi connectivity index (χ0) is 17.4. The fraction of sp³-hybridized carbons (Fsp3) is 0.316. The van der Waals surface area contributed by atoms with Crippen molar-refractivity contribution in [3.8, 4) is 11.5 Å². The van der Waals surface area contributed by atoms with Gasteiger partial charge in [0, 0.05) is 0 Å². The predicted octanol–water partition coefficient (Wildman–Crippen LogP) is 3.48. The Hall–Kier alpha value is -2.53. The molecule has 2 aromatic carbocycles. The summed E-state index contributed by atoms with van der Waals surface area (Å²) in [5.41, 5.74) is 0. The van der Waals surface area contributed by atoms with E-state index in [1.165, 1.54) is 0 Å². The van der Waals surface area contributed by atoms with Crippen LogP contribution in [-0.2, 0) is 4.79 Å². The smallest absolute Gasteiger partial charge is 0.393 e. The number of aliphatic hydroxyl groups is 1. The fourth-order valence-corrected chi connectivity index (χ4v) is 2.30. The number of aliphatic hydroxyl groups excluding tert-OH is 1. The van der Waals surface area contributed by atoms with Crippen molar-refractivity contribution in [2.45, 2.75) is 38.1 Å². The highest BCUT2D eigenvalue weighted by Crippen LogP contribution is 2.28. The molecule has 0 saturated heterocycles. The predicted molar refractivity (Wildman–Crippen MR) is 90.0 cm³/mol. The molecule has 5 nitrogen and oxygen atoms in total. The topological polar surface area (TPSA) is 76.0 Å². The van der Waals surface area contributed by atoms with E-state index in [1.54, 1.807) is 60.7 Å². The normalized spacial score (nSPS) is 12.4. The van der Waals surface area contributed by atoms with Gasteiger partial charge < -0.3 is 19.7 Å². The molecule has 24 heavy (non-hydrogen) atoms. The summed E-state index contributed by atoms with van der Waals surface area (Å²) in [5, 5.41) is 20.4. The second-order valence-electron chi connectivity index (χ2n) is 5.46. The van der Waals surface area contributed by atoms with Gasteiger partial charge >= 0.3 is 11.8 Å². The molecule has 2 aromatic rings. The van der Waals surface area contributed by atoms with Crippen molar-refractivity contribution in [1.29, 1.82) is 0 Å². The van der Waals surface area contributed by atoms with Gasteiger partial charge in [0.05, 0.1) is 0 Å². The molecule has 0 aliphatic carbocycles. The lowest BCUT2D eigenvalue weighted by atomic mass is 10.0. The zero-order valence-electron chi connectivity index (χ0n) is 13.6. The summed E-state index contributed by atoms with van der Waals surface area (Å²) in [6, 6.07) is 17.0. The van der Waals surface area contributed by atoms with E-state index in [0.717, 1.165) is 6.42 Å². The lowest BCUT2D eigenvalue weighted by molar-refractivity contribution is -0.214. The van der Waals surface area contributed by atoms with E-state index >= 15 is 0 Å². The molecule has 0 heterocycles. The molecule has 0 bridgehead atoms. The van der Waals surface area contributed by atoms with Gasteiger partial charge in [-0.15, -0.1) is 0 Å². The molecular weight excluding hydrogens is 308 g/mol. The molecule has 0 aliphatic rings. The number of para-hydroxylation sites is 2. The van der Waals surface area contributed by atoms with Crippen molar-refractivity contribution in [2.24, 2.45) is 0 Å². The standard InChI is InChI=1S/C19H22O5/c1-2-3-14-17(20)19(18(21)22,23-15-10-6-4-7-11-15)24-16-12-8-5-9-13-16/h4-13,17,20H,2-3,14H2,1H3,(H,21,22). The summed E-state index contributed by atoms with van der Waals surface area (Å²) < 4.78 is 11.3. The molecule has 0 radical (unpaired) electrons. The third kappa shape index (κ3) is 4.26. The fourth-order valence-electron chi connectivity index (χ4n) is 2.30. The van der Waals surface area contributed by atoms with Crippen LogP contribution < -0.4 is 9.47 Å². The van der Waals surface area contributed by atoms with Crippen LogP contribution in [0.4, 0.5) is 0 Å². The minimum atomic E-state index is -2.21. The van der Waals surface area contributed by atoms with Crippen molar-refractivity contribution in [2.75, 3.05) is 0 Å². The van der Waals surface area contributed by atoms with Crippen LogP contribution in [0.25, 0.3) is 0 Å². The minimum absolute atomic E-state index is 0.252. The third-order valence-corrected chi connectivity index (χ3v) is 3.59. The van der Waals surface area contributed by atoms with E-state index in [2.05, 4.69) is 0 Å². The van der Waals surface area contributed by atoms with Gasteiger partial charge in [0.2, 0.25) is 0 Å². The molecule has 0 fully saturated rings. The number of aliphatic carboxylic acids is 1. The van der Waals surface area contributed by atoms with Gasteiger partial charge in [-0.3, -0.25) is 0 Å². The quantitative estimate of drug-likeness (QED) is 0.689. The maximum Gasteiger partial charge on any atom is 0.393 e. The summed E-state index contributed by atoms with van der Waals surface area (Å²) in [6.45, 7) is 1.96. The molecule has 0 saturated carbocycles. The number of carboxylic acid groups (broad SMARTS) is 1. The van der Waals surface area contributed by atoms with Crippen molar-refractivity contribution in [1.82, 2.24) is 0 Å². The average Bonchev–Trinajstić information content (AvgIpc) is 2.60. The maximum absolute atomic E-state index is 12.0. The number of benzene rings is 2. The molecule has 1 unspecified atom stereocenters. The lowest BCUT2D eigenvalue weighted by Gasteiger charge is -2.34. The van der Waals surface area contributed by atoms with E-state index in [4.69, 9.17) is 9.47 Å². The molecule has 2 rings (SSSR count). The van der Waals surface area contributed by atoms with Gasteiger partial charge in [-0.1, -0.05) is 56.2 Å². The zero-order valence-corrected chi connectivity index (χ0v) is 13.6. The Kier molecular flexibility index (Phi) is 6.21. The van der Waals surface area contributed by atoms with Gasteiger partial charge in [0.15, 0.2) is 0 Å². The number of carbonyl (C=O) groups is 1. The van der Waals surface area contributed by atoms with E-state index < -0.39 is 17.9 Å². The molecular formula is C19H22O5. The van der Waals surface area contributed by atoms with Crippen LogP contribution in [0.2, 0.25) is 0 Å². The highest BCUT2D eigenvalue weighted by molar-refractivity contribution is 5.77. The maximum atomic E-state index is 12.0. The van der Waals surface area contributed by atoms with Crippen LogP contribution in [0.3, 0.4) is 0 Å². The highest BCUT2D eigenvalue weighted by atomic mass is 16.7. The Morgan fingerprint density at radius 1 is 1.00 bits per heavy atom. The first-order valence-electron chi connectivity index (χ1n) is 7.98. The highest BCUT2D eigenvalue weighted by Gasteiger charge is 2.51. The van der Waals surface area contributed by atoms with E-state index in [0.29, 0.717) is 17.9 Å². The van der Waals surface area contributed by atoms with Crippen LogP contribution in [0, 0.1) is 0 Å². The van der Waals surface area contributed by atoms with Crippen LogP contribution >= 0.6 is 0 Å². The first-order valence-corrected chi connectivity index (χ1v) is 7.98. The van der Waals surface area contributed by atoms with Gasteiger partial charge in [-0.05, 0) is 30.7 Å². The Labute approximate surface area is 141 Å². The van der Waals surface area contributed by atoms with E-state index in [9.17, 15) is 15.0 Å². The van der Waals surface area contributed by atoms with Crippen LogP contribution in [0.15, 0.2) is 60.7 Å². The Balaban J connectivity index is 2.37.